The van der Waals surface area contributed by atoms with E-state index in [0.29, 0.717) is 0 Å². The Morgan fingerprint density at radius 3 is 2.65 bits per heavy atom. The molecule has 0 aliphatic heterocycles. The molecule has 0 bridgehead atoms. The molecule has 0 unspecified atom stereocenters. The molecule has 3 nitrogen and oxygen atoms in total. The van der Waals surface area contributed by atoms with Crippen molar-refractivity contribution in [3.63, 3.8) is 0 Å². The summed E-state index contributed by atoms with van der Waals surface area (Å²) in [4.78, 5) is 13.4. The lowest BCUT2D eigenvalue weighted by Crippen LogP contribution is -2.39. The van der Waals surface area contributed by atoms with Crippen LogP contribution in [0.4, 0.5) is 4.39 Å². The van der Waals surface area contributed by atoms with E-state index in [1.54, 1.807) is 20.9 Å². The topological polar surface area (TPSA) is 40.5 Å². The first-order valence-corrected chi connectivity index (χ1v) is 5.93. The lowest BCUT2D eigenvalue weighted by molar-refractivity contribution is 0.0367. The Kier molecular flexibility index (Phi) is 4.27. The molecule has 0 aromatic heterocycles. The molecule has 0 saturated carbocycles. The zero-order valence-corrected chi connectivity index (χ0v) is 11.6. The Morgan fingerprint density at radius 1 is 1.53 bits per heavy atom. The standard InChI is InChI=1S/C12H15BrFNO2/c1-12(2,17)7-15(3)11(16)8-5-4-6-9(14)10(8)13/h4-6,17H,7H2,1-3H3. The summed E-state index contributed by atoms with van der Waals surface area (Å²) >= 11 is 3.04. The fourth-order valence-electron chi connectivity index (χ4n) is 1.53. The molecule has 0 atom stereocenters. The van der Waals surface area contributed by atoms with Gasteiger partial charge in [0.05, 0.1) is 15.6 Å². The third-order valence-electron chi connectivity index (χ3n) is 2.15. The van der Waals surface area contributed by atoms with Gasteiger partial charge in [-0.3, -0.25) is 4.79 Å². The van der Waals surface area contributed by atoms with Crippen LogP contribution in [0.5, 0.6) is 0 Å². The smallest absolute Gasteiger partial charge is 0.254 e. The van der Waals surface area contributed by atoms with E-state index in [0.717, 1.165) is 0 Å². The zero-order valence-electron chi connectivity index (χ0n) is 10.00. The lowest BCUT2D eigenvalue weighted by Gasteiger charge is -2.25. The van der Waals surface area contributed by atoms with Crippen molar-refractivity contribution < 1.29 is 14.3 Å². The molecule has 1 amide bonds. The second-order valence-electron chi connectivity index (χ2n) is 4.58. The van der Waals surface area contributed by atoms with Gasteiger partial charge in [0, 0.05) is 13.6 Å². The van der Waals surface area contributed by atoms with Crippen molar-refractivity contribution in [2.75, 3.05) is 13.6 Å². The molecule has 1 rings (SSSR count). The molecular weight excluding hydrogens is 289 g/mol. The van der Waals surface area contributed by atoms with E-state index in [9.17, 15) is 14.3 Å². The minimum absolute atomic E-state index is 0.146. The quantitative estimate of drug-likeness (QED) is 0.932. The van der Waals surface area contributed by atoms with Crippen molar-refractivity contribution in [3.8, 4) is 0 Å². The van der Waals surface area contributed by atoms with Gasteiger partial charge in [-0.05, 0) is 41.9 Å². The van der Waals surface area contributed by atoms with Crippen LogP contribution in [-0.4, -0.2) is 35.1 Å². The van der Waals surface area contributed by atoms with E-state index in [4.69, 9.17) is 0 Å². The van der Waals surface area contributed by atoms with E-state index in [-0.39, 0.29) is 22.5 Å². The first kappa shape index (κ1) is 14.1. The van der Waals surface area contributed by atoms with Crippen LogP contribution in [-0.2, 0) is 0 Å². The van der Waals surface area contributed by atoms with Crippen molar-refractivity contribution in [2.24, 2.45) is 0 Å². The number of likely N-dealkylation sites (N-methyl/N-ethyl adjacent to an activating group) is 1. The van der Waals surface area contributed by atoms with Crippen LogP contribution in [0.2, 0.25) is 0 Å². The minimum Gasteiger partial charge on any atom is -0.389 e. The molecule has 0 saturated heterocycles. The number of aliphatic hydroxyl groups is 1. The highest BCUT2D eigenvalue weighted by atomic mass is 79.9. The number of hydrogen-bond donors (Lipinski definition) is 1. The number of carbonyl (C=O) groups is 1. The summed E-state index contributed by atoms with van der Waals surface area (Å²) in [5, 5.41) is 9.63. The van der Waals surface area contributed by atoms with Gasteiger partial charge in [-0.15, -0.1) is 0 Å². The van der Waals surface area contributed by atoms with Crippen molar-refractivity contribution in [3.05, 3.63) is 34.1 Å². The molecule has 0 spiro atoms. The molecule has 0 aliphatic rings. The van der Waals surface area contributed by atoms with Gasteiger partial charge >= 0.3 is 0 Å². The maximum Gasteiger partial charge on any atom is 0.254 e. The maximum absolute atomic E-state index is 13.3. The first-order chi connectivity index (χ1) is 7.72. The SMILES string of the molecule is CN(CC(C)(C)O)C(=O)c1cccc(F)c1Br. The number of carbonyl (C=O) groups excluding carboxylic acids is 1. The lowest BCUT2D eigenvalue weighted by atomic mass is 10.1. The molecule has 1 aromatic rings. The number of amides is 1. The highest BCUT2D eigenvalue weighted by Crippen LogP contribution is 2.22. The highest BCUT2D eigenvalue weighted by molar-refractivity contribution is 9.10. The van der Waals surface area contributed by atoms with E-state index in [2.05, 4.69) is 15.9 Å². The van der Waals surface area contributed by atoms with Crippen molar-refractivity contribution >= 4 is 21.8 Å². The number of hydrogen-bond acceptors (Lipinski definition) is 2. The van der Waals surface area contributed by atoms with Crippen LogP contribution in [0, 0.1) is 5.82 Å². The van der Waals surface area contributed by atoms with Crippen molar-refractivity contribution in [1.29, 1.82) is 0 Å². The first-order valence-electron chi connectivity index (χ1n) is 5.14. The van der Waals surface area contributed by atoms with Crippen LogP contribution in [0.3, 0.4) is 0 Å². The fourth-order valence-corrected chi connectivity index (χ4v) is 1.96. The maximum atomic E-state index is 13.3. The molecule has 5 heteroatoms. The average molecular weight is 304 g/mol. The third kappa shape index (κ3) is 3.78. The van der Waals surface area contributed by atoms with Crippen molar-refractivity contribution in [1.82, 2.24) is 4.90 Å². The zero-order chi connectivity index (χ0) is 13.2. The Labute approximate surface area is 108 Å². The number of nitrogens with zero attached hydrogens (tertiary/aromatic N) is 1. The summed E-state index contributed by atoms with van der Waals surface area (Å²) in [7, 11) is 1.57. The van der Waals surface area contributed by atoms with Crippen molar-refractivity contribution in [2.45, 2.75) is 19.4 Å². The van der Waals surface area contributed by atoms with Gasteiger partial charge in [0.2, 0.25) is 0 Å². The number of rotatable bonds is 3. The predicted octanol–water partition coefficient (Wildman–Crippen LogP) is 2.43. The Morgan fingerprint density at radius 2 is 2.12 bits per heavy atom. The summed E-state index contributed by atoms with van der Waals surface area (Å²) in [6.07, 6.45) is 0. The molecule has 17 heavy (non-hydrogen) atoms. The average Bonchev–Trinajstić information content (AvgIpc) is 2.18. The van der Waals surface area contributed by atoms with Gasteiger partial charge in [0.15, 0.2) is 0 Å². The van der Waals surface area contributed by atoms with Gasteiger partial charge in [-0.25, -0.2) is 4.39 Å². The normalized spacial score (nSPS) is 11.4. The van der Waals surface area contributed by atoms with Crippen LogP contribution < -0.4 is 0 Å². The Hall–Kier alpha value is -0.940. The van der Waals surface area contributed by atoms with Crippen LogP contribution >= 0.6 is 15.9 Å². The highest BCUT2D eigenvalue weighted by Gasteiger charge is 2.22. The van der Waals surface area contributed by atoms with E-state index < -0.39 is 11.4 Å². The van der Waals surface area contributed by atoms with Gasteiger partial charge in [-0.2, -0.15) is 0 Å². The van der Waals surface area contributed by atoms with E-state index in [1.807, 2.05) is 0 Å². The largest absolute Gasteiger partial charge is 0.389 e. The minimum atomic E-state index is -0.982. The van der Waals surface area contributed by atoms with Crippen LogP contribution in [0.15, 0.2) is 22.7 Å². The summed E-state index contributed by atoms with van der Waals surface area (Å²) in [5.74, 6) is -0.814. The molecule has 1 N–H and O–H groups in total. The second-order valence-corrected chi connectivity index (χ2v) is 5.37. The monoisotopic (exact) mass is 303 g/mol. The molecular formula is C12H15BrFNO2. The number of halogens is 2. The van der Waals surface area contributed by atoms with E-state index >= 15 is 0 Å². The van der Waals surface area contributed by atoms with Crippen LogP contribution in [0.1, 0.15) is 24.2 Å². The summed E-state index contributed by atoms with van der Waals surface area (Å²) in [6, 6.07) is 4.29. The molecule has 94 valence electrons. The molecule has 0 heterocycles. The Bertz CT molecular complexity index is 429. The fraction of sp³-hybridized carbons (Fsp3) is 0.417. The third-order valence-corrected chi connectivity index (χ3v) is 2.96. The Balaban J connectivity index is 2.93. The van der Waals surface area contributed by atoms with Crippen LogP contribution in [0.25, 0.3) is 0 Å². The molecule has 0 aliphatic carbocycles. The van der Waals surface area contributed by atoms with Gasteiger partial charge in [0.25, 0.3) is 5.91 Å². The summed E-state index contributed by atoms with van der Waals surface area (Å²) < 4.78 is 13.4. The molecule has 1 aromatic carbocycles. The predicted molar refractivity (Wildman–Crippen MR) is 67.4 cm³/mol. The summed E-state index contributed by atoms with van der Waals surface area (Å²) in [6.45, 7) is 3.39. The summed E-state index contributed by atoms with van der Waals surface area (Å²) in [5.41, 5.74) is -0.735. The van der Waals surface area contributed by atoms with E-state index in [1.165, 1.54) is 23.1 Å². The van der Waals surface area contributed by atoms with Gasteiger partial charge in [-0.1, -0.05) is 6.07 Å². The molecule has 0 fully saturated rings. The van der Waals surface area contributed by atoms with Gasteiger partial charge < -0.3 is 10.0 Å². The second kappa shape index (κ2) is 5.14. The van der Waals surface area contributed by atoms with Gasteiger partial charge in [0.1, 0.15) is 5.82 Å². The number of benzene rings is 1. The molecule has 0 radical (unpaired) electrons.